The number of carbonyl (C=O) groups excluding carboxylic acids is 1. The van der Waals surface area contributed by atoms with Gasteiger partial charge in [-0.05, 0) is 74.0 Å². The van der Waals surface area contributed by atoms with Gasteiger partial charge in [0.1, 0.15) is 12.3 Å². The van der Waals surface area contributed by atoms with Crippen LogP contribution >= 0.6 is 0 Å². The Balaban J connectivity index is 1.67. The van der Waals surface area contributed by atoms with Gasteiger partial charge < -0.3 is 14.9 Å². The van der Waals surface area contributed by atoms with Gasteiger partial charge in [-0.15, -0.1) is 6.42 Å². The van der Waals surface area contributed by atoms with E-state index in [0.717, 1.165) is 32.1 Å². The third-order valence-electron chi connectivity index (χ3n) is 9.40. The summed E-state index contributed by atoms with van der Waals surface area (Å²) >= 11 is 0. The molecule has 156 valence electrons. The number of fused-ring (bicyclic) bond motifs is 5. The summed E-state index contributed by atoms with van der Waals surface area (Å²) in [4.78, 5) is 11.6. The van der Waals surface area contributed by atoms with Crippen molar-refractivity contribution < 1.29 is 24.1 Å². The highest BCUT2D eigenvalue weighted by Gasteiger charge is 2.69. The van der Waals surface area contributed by atoms with Gasteiger partial charge in [0.05, 0.1) is 6.10 Å². The van der Waals surface area contributed by atoms with E-state index in [4.69, 9.17) is 11.2 Å². The van der Waals surface area contributed by atoms with Crippen LogP contribution in [0.25, 0.3) is 0 Å². The van der Waals surface area contributed by atoms with Crippen LogP contribution in [0.2, 0.25) is 0 Å². The molecule has 28 heavy (non-hydrogen) atoms. The van der Waals surface area contributed by atoms with E-state index in [9.17, 15) is 19.4 Å². The molecule has 0 aromatic carbocycles. The summed E-state index contributed by atoms with van der Waals surface area (Å²) in [5.41, 5.74) is -2.09. The van der Waals surface area contributed by atoms with Gasteiger partial charge in [-0.2, -0.15) is 0 Å². The van der Waals surface area contributed by atoms with Crippen LogP contribution in [0.3, 0.4) is 0 Å². The summed E-state index contributed by atoms with van der Waals surface area (Å²) in [6.07, 6.45) is 8.34. The van der Waals surface area contributed by atoms with E-state index < -0.39 is 35.4 Å². The maximum atomic E-state index is 14.9. The Morgan fingerprint density at radius 3 is 2.50 bits per heavy atom. The summed E-state index contributed by atoms with van der Waals surface area (Å²) in [7, 11) is 0. The van der Waals surface area contributed by atoms with Gasteiger partial charge >= 0.3 is 5.97 Å². The van der Waals surface area contributed by atoms with Crippen molar-refractivity contribution in [1.82, 2.24) is 0 Å². The molecule has 0 radical (unpaired) electrons. The van der Waals surface area contributed by atoms with E-state index in [2.05, 4.69) is 12.8 Å². The number of hydrogen-bond donors (Lipinski definition) is 2. The zero-order valence-electron chi connectivity index (χ0n) is 17.2. The SMILES string of the molecule is C#CC1(O)C(OC(C)=O)C[C@H]2[C@@H]3CCC4C(F)C(O)CC[C@]4(C)[C@@H]3CC[C@@]21C. The molecule has 4 aliphatic carbocycles. The second-order valence-corrected chi connectivity index (χ2v) is 10.3. The number of esters is 1. The quantitative estimate of drug-likeness (QED) is 0.531. The van der Waals surface area contributed by atoms with Crippen molar-refractivity contribution >= 4 is 5.97 Å². The lowest BCUT2D eigenvalue weighted by atomic mass is 9.44. The van der Waals surface area contributed by atoms with Crippen molar-refractivity contribution in [2.45, 2.75) is 89.7 Å². The first-order valence-electron chi connectivity index (χ1n) is 10.8. The molecule has 10 atom stereocenters. The highest BCUT2D eigenvalue weighted by Crippen LogP contribution is 2.68. The van der Waals surface area contributed by atoms with Gasteiger partial charge in [0.25, 0.3) is 0 Å². The van der Waals surface area contributed by atoms with E-state index >= 15 is 0 Å². The second-order valence-electron chi connectivity index (χ2n) is 10.3. The predicted octanol–water partition coefficient (Wildman–Crippen LogP) is 3.24. The monoisotopic (exact) mass is 392 g/mol. The molecule has 4 saturated carbocycles. The number of carbonyl (C=O) groups is 1. The number of halogens is 1. The van der Waals surface area contributed by atoms with Crippen LogP contribution in [0, 0.1) is 46.8 Å². The molecule has 2 N–H and O–H groups in total. The predicted molar refractivity (Wildman–Crippen MR) is 103 cm³/mol. The highest BCUT2D eigenvalue weighted by atomic mass is 19.1. The smallest absolute Gasteiger partial charge is 0.303 e. The first-order valence-corrected chi connectivity index (χ1v) is 10.8. The maximum absolute atomic E-state index is 14.9. The summed E-state index contributed by atoms with van der Waals surface area (Å²) in [6.45, 7) is 5.61. The van der Waals surface area contributed by atoms with Crippen LogP contribution in [-0.4, -0.2) is 40.2 Å². The average Bonchev–Trinajstić information content (AvgIpc) is 2.86. The highest BCUT2D eigenvalue weighted by molar-refractivity contribution is 5.66. The molecule has 0 bridgehead atoms. The molecule has 0 heterocycles. The van der Waals surface area contributed by atoms with Crippen LogP contribution in [-0.2, 0) is 9.53 Å². The van der Waals surface area contributed by atoms with Crippen LogP contribution in [0.5, 0.6) is 0 Å². The zero-order valence-corrected chi connectivity index (χ0v) is 17.2. The molecule has 5 unspecified atom stereocenters. The van der Waals surface area contributed by atoms with E-state index in [0.29, 0.717) is 24.7 Å². The molecule has 0 aromatic rings. The standard InChI is InChI=1S/C23H33FO4/c1-5-23(27)19(28-13(2)25)12-17-14-6-7-16-20(24)18(26)9-10-21(16,3)15(14)8-11-22(17,23)4/h1,14-20,26-27H,6-12H2,2-4H3/t14-,15-,16?,17+,18?,19?,20?,21-,22+,23?/m1/s1. The maximum Gasteiger partial charge on any atom is 0.303 e. The Morgan fingerprint density at radius 2 is 1.86 bits per heavy atom. The molecular weight excluding hydrogens is 359 g/mol. The first kappa shape index (κ1) is 20.2. The van der Waals surface area contributed by atoms with Gasteiger partial charge in [-0.3, -0.25) is 4.79 Å². The molecule has 0 spiro atoms. The number of rotatable bonds is 1. The fourth-order valence-corrected chi connectivity index (χ4v) is 7.85. The molecule has 4 rings (SSSR count). The number of aliphatic hydroxyl groups excluding tert-OH is 1. The average molecular weight is 393 g/mol. The van der Waals surface area contributed by atoms with Gasteiger partial charge in [-0.1, -0.05) is 19.8 Å². The fraction of sp³-hybridized carbons (Fsp3) is 0.870. The Morgan fingerprint density at radius 1 is 1.14 bits per heavy atom. The van der Waals surface area contributed by atoms with Gasteiger partial charge in [0, 0.05) is 12.3 Å². The van der Waals surface area contributed by atoms with Gasteiger partial charge in [-0.25, -0.2) is 4.39 Å². The number of terminal acetylenes is 1. The fourth-order valence-electron chi connectivity index (χ4n) is 7.85. The molecule has 4 fully saturated rings. The normalized spacial score (nSPS) is 55.4. The van der Waals surface area contributed by atoms with Crippen molar-refractivity contribution in [2.24, 2.45) is 34.5 Å². The number of hydrogen-bond acceptors (Lipinski definition) is 4. The summed E-state index contributed by atoms with van der Waals surface area (Å²) in [5.74, 6) is 2.92. The van der Waals surface area contributed by atoms with Gasteiger partial charge in [0.2, 0.25) is 0 Å². The zero-order chi connectivity index (χ0) is 20.5. The van der Waals surface area contributed by atoms with Crippen LogP contribution in [0.1, 0.15) is 65.7 Å². The summed E-state index contributed by atoms with van der Waals surface area (Å²) < 4.78 is 20.4. The van der Waals surface area contributed by atoms with Crippen molar-refractivity contribution in [2.75, 3.05) is 0 Å². The molecule has 0 aromatic heterocycles. The van der Waals surface area contributed by atoms with Crippen molar-refractivity contribution in [3.8, 4) is 12.3 Å². The summed E-state index contributed by atoms with van der Waals surface area (Å²) in [5, 5.41) is 21.5. The van der Waals surface area contributed by atoms with E-state index in [-0.39, 0.29) is 17.3 Å². The molecule has 4 nitrogen and oxygen atoms in total. The lowest BCUT2D eigenvalue weighted by molar-refractivity contribution is -0.175. The van der Waals surface area contributed by atoms with Crippen molar-refractivity contribution in [1.29, 1.82) is 0 Å². The lowest BCUT2D eigenvalue weighted by Gasteiger charge is -2.61. The molecular formula is C23H33FO4. The first-order chi connectivity index (χ1) is 13.1. The Kier molecular flexibility index (Phi) is 4.64. The van der Waals surface area contributed by atoms with E-state index in [1.165, 1.54) is 6.92 Å². The lowest BCUT2D eigenvalue weighted by Crippen LogP contribution is -2.59. The van der Waals surface area contributed by atoms with Crippen molar-refractivity contribution in [3.63, 3.8) is 0 Å². The van der Waals surface area contributed by atoms with E-state index in [1.54, 1.807) is 0 Å². The number of aliphatic hydroxyl groups is 2. The molecule has 0 amide bonds. The Hall–Kier alpha value is -1.12. The van der Waals surface area contributed by atoms with Crippen LogP contribution < -0.4 is 0 Å². The largest absolute Gasteiger partial charge is 0.458 e. The molecule has 0 saturated heterocycles. The topological polar surface area (TPSA) is 66.8 Å². The molecule has 5 heteroatoms. The van der Waals surface area contributed by atoms with Crippen LogP contribution in [0.4, 0.5) is 4.39 Å². The number of ether oxygens (including phenoxy) is 1. The van der Waals surface area contributed by atoms with Gasteiger partial charge in [0.15, 0.2) is 5.60 Å². The molecule has 4 aliphatic rings. The minimum Gasteiger partial charge on any atom is -0.458 e. The number of alkyl halides is 1. The second kappa shape index (κ2) is 6.44. The molecule has 0 aliphatic heterocycles. The Bertz CT molecular complexity index is 703. The van der Waals surface area contributed by atoms with Crippen molar-refractivity contribution in [3.05, 3.63) is 0 Å². The van der Waals surface area contributed by atoms with Crippen LogP contribution in [0.15, 0.2) is 0 Å². The minimum absolute atomic E-state index is 0.0981. The van der Waals surface area contributed by atoms with E-state index in [1.807, 2.05) is 6.92 Å². The minimum atomic E-state index is -1.46. The Labute approximate surface area is 167 Å². The third kappa shape index (κ3) is 2.46. The third-order valence-corrected chi connectivity index (χ3v) is 9.40. The summed E-state index contributed by atoms with van der Waals surface area (Å²) in [6, 6.07) is 0.